The summed E-state index contributed by atoms with van der Waals surface area (Å²) in [4.78, 5) is 16.7. The Morgan fingerprint density at radius 1 is 1.17 bits per heavy atom. The van der Waals surface area contributed by atoms with Crippen molar-refractivity contribution in [1.29, 1.82) is 0 Å². The van der Waals surface area contributed by atoms with Gasteiger partial charge in [-0.15, -0.1) is 0 Å². The van der Waals surface area contributed by atoms with E-state index in [0.29, 0.717) is 39.0 Å². The molecular formula is C15H24N4O4S. The first-order valence-corrected chi connectivity index (χ1v) is 10.1. The molecule has 2 aliphatic heterocycles. The highest BCUT2D eigenvalue weighted by molar-refractivity contribution is 7.88. The molecule has 2 saturated heterocycles. The Morgan fingerprint density at radius 3 is 2.29 bits per heavy atom. The Bertz CT molecular complexity index is 686. The molecule has 134 valence electrons. The molecule has 9 heteroatoms. The van der Waals surface area contributed by atoms with Crippen LogP contribution in [-0.2, 0) is 14.8 Å². The van der Waals surface area contributed by atoms with Crippen molar-refractivity contribution in [3.8, 4) is 0 Å². The molecule has 0 aliphatic carbocycles. The van der Waals surface area contributed by atoms with Gasteiger partial charge in [0.25, 0.3) is 0 Å². The van der Waals surface area contributed by atoms with Gasteiger partial charge in [0.15, 0.2) is 5.82 Å². The number of aromatic nitrogens is 1. The molecule has 2 fully saturated rings. The minimum absolute atomic E-state index is 0.0659. The number of anilines is 1. The standard InChI is InChI=1S/C15H24N4O4S/c1-12-11-14(16-23-12)17-7-9-18(10-8-17)15(20)13-3-5-19(6-4-13)24(2,21)22/h11,13H,3-10H2,1-2H3. The summed E-state index contributed by atoms with van der Waals surface area (Å²) in [5.74, 6) is 1.69. The Balaban J connectivity index is 1.51. The van der Waals surface area contributed by atoms with Crippen molar-refractivity contribution in [3.05, 3.63) is 11.8 Å². The quantitative estimate of drug-likeness (QED) is 0.774. The topological polar surface area (TPSA) is 87.0 Å². The van der Waals surface area contributed by atoms with E-state index in [0.717, 1.165) is 24.7 Å². The summed E-state index contributed by atoms with van der Waals surface area (Å²) in [7, 11) is -3.15. The van der Waals surface area contributed by atoms with Crippen LogP contribution in [0, 0.1) is 12.8 Å². The van der Waals surface area contributed by atoms with Crippen molar-refractivity contribution in [1.82, 2.24) is 14.4 Å². The van der Waals surface area contributed by atoms with Gasteiger partial charge < -0.3 is 14.3 Å². The smallest absolute Gasteiger partial charge is 0.225 e. The van der Waals surface area contributed by atoms with E-state index in [2.05, 4.69) is 10.1 Å². The molecule has 0 radical (unpaired) electrons. The highest BCUT2D eigenvalue weighted by Gasteiger charge is 2.32. The molecule has 1 aromatic rings. The van der Waals surface area contributed by atoms with Crippen LogP contribution < -0.4 is 4.90 Å². The third-order valence-corrected chi connectivity index (χ3v) is 6.11. The maximum absolute atomic E-state index is 12.7. The summed E-state index contributed by atoms with van der Waals surface area (Å²) in [5.41, 5.74) is 0. The Hall–Kier alpha value is -1.61. The summed E-state index contributed by atoms with van der Waals surface area (Å²) in [6.07, 6.45) is 2.43. The molecule has 0 unspecified atom stereocenters. The summed E-state index contributed by atoms with van der Waals surface area (Å²) < 4.78 is 29.7. The van der Waals surface area contributed by atoms with Crippen molar-refractivity contribution in [2.45, 2.75) is 19.8 Å². The number of sulfonamides is 1. The van der Waals surface area contributed by atoms with Crippen molar-refractivity contribution in [2.24, 2.45) is 5.92 Å². The fourth-order valence-electron chi connectivity index (χ4n) is 3.35. The van der Waals surface area contributed by atoms with Gasteiger partial charge in [0, 0.05) is 51.3 Å². The summed E-state index contributed by atoms with van der Waals surface area (Å²) in [5, 5.41) is 4.02. The van der Waals surface area contributed by atoms with E-state index in [1.165, 1.54) is 10.6 Å². The molecule has 3 rings (SSSR count). The number of carbonyl (C=O) groups is 1. The van der Waals surface area contributed by atoms with Gasteiger partial charge in [-0.05, 0) is 19.8 Å². The first-order valence-electron chi connectivity index (χ1n) is 8.27. The van der Waals surface area contributed by atoms with Gasteiger partial charge in [-0.2, -0.15) is 0 Å². The monoisotopic (exact) mass is 356 g/mol. The molecule has 1 aromatic heterocycles. The highest BCUT2D eigenvalue weighted by Crippen LogP contribution is 2.23. The predicted octanol–water partition coefficient (Wildman–Crippen LogP) is 0.303. The number of carbonyl (C=O) groups excluding carboxylic acids is 1. The second kappa shape index (κ2) is 6.72. The van der Waals surface area contributed by atoms with Crippen molar-refractivity contribution in [2.75, 3.05) is 50.4 Å². The fourth-order valence-corrected chi connectivity index (χ4v) is 4.22. The Labute approximate surface area is 142 Å². The van der Waals surface area contributed by atoms with Crippen molar-refractivity contribution in [3.63, 3.8) is 0 Å². The van der Waals surface area contributed by atoms with Crippen molar-refractivity contribution >= 4 is 21.7 Å². The number of piperidine rings is 1. The highest BCUT2D eigenvalue weighted by atomic mass is 32.2. The third kappa shape index (κ3) is 3.72. The SMILES string of the molecule is Cc1cc(N2CCN(C(=O)C3CCN(S(C)(=O)=O)CC3)CC2)no1. The van der Waals surface area contributed by atoms with E-state index in [1.807, 2.05) is 17.9 Å². The van der Waals surface area contributed by atoms with Crippen molar-refractivity contribution < 1.29 is 17.7 Å². The summed E-state index contributed by atoms with van der Waals surface area (Å²) in [6.45, 7) is 5.54. The first kappa shape index (κ1) is 17.2. The number of piperazine rings is 1. The fraction of sp³-hybridized carbons (Fsp3) is 0.733. The summed E-state index contributed by atoms with van der Waals surface area (Å²) in [6, 6.07) is 1.90. The van der Waals surface area contributed by atoms with Crippen LogP contribution >= 0.6 is 0 Å². The second-order valence-electron chi connectivity index (χ2n) is 6.54. The predicted molar refractivity (Wildman–Crippen MR) is 89.2 cm³/mol. The lowest BCUT2D eigenvalue weighted by molar-refractivity contribution is -0.137. The van der Waals surface area contributed by atoms with E-state index < -0.39 is 10.0 Å². The molecule has 8 nitrogen and oxygen atoms in total. The van der Waals surface area contributed by atoms with Crippen LogP contribution in [0.2, 0.25) is 0 Å². The summed E-state index contributed by atoms with van der Waals surface area (Å²) >= 11 is 0. The average Bonchev–Trinajstić information content (AvgIpc) is 3.00. The Kier molecular flexibility index (Phi) is 4.82. The van der Waals surface area contributed by atoms with Gasteiger partial charge in [-0.1, -0.05) is 5.16 Å². The van der Waals surface area contributed by atoms with Gasteiger partial charge in [0.2, 0.25) is 15.9 Å². The largest absolute Gasteiger partial charge is 0.360 e. The van der Waals surface area contributed by atoms with E-state index >= 15 is 0 Å². The third-order valence-electron chi connectivity index (χ3n) is 4.80. The molecule has 2 aliphatic rings. The van der Waals surface area contributed by atoms with Gasteiger partial charge >= 0.3 is 0 Å². The maximum atomic E-state index is 12.7. The molecular weight excluding hydrogens is 332 g/mol. The molecule has 0 bridgehead atoms. The second-order valence-corrected chi connectivity index (χ2v) is 8.53. The number of aryl methyl sites for hydroxylation is 1. The van der Waals surface area contributed by atoms with E-state index in [4.69, 9.17) is 4.52 Å². The molecule has 0 N–H and O–H groups in total. The minimum atomic E-state index is -3.15. The van der Waals surface area contributed by atoms with Crippen LogP contribution in [-0.4, -0.2) is 74.2 Å². The zero-order chi connectivity index (χ0) is 17.3. The molecule has 0 spiro atoms. The van der Waals surface area contributed by atoms with Crippen LogP contribution in [0.4, 0.5) is 5.82 Å². The number of rotatable bonds is 3. The zero-order valence-corrected chi connectivity index (χ0v) is 15.0. The van der Waals surface area contributed by atoms with E-state index in [9.17, 15) is 13.2 Å². The number of hydrogen-bond donors (Lipinski definition) is 0. The minimum Gasteiger partial charge on any atom is -0.360 e. The van der Waals surface area contributed by atoms with Crippen LogP contribution in [0.3, 0.4) is 0 Å². The molecule has 0 aromatic carbocycles. The zero-order valence-electron chi connectivity index (χ0n) is 14.1. The van der Waals surface area contributed by atoms with Crippen LogP contribution in [0.25, 0.3) is 0 Å². The van der Waals surface area contributed by atoms with Crippen LogP contribution in [0.15, 0.2) is 10.6 Å². The molecule has 24 heavy (non-hydrogen) atoms. The lowest BCUT2D eigenvalue weighted by Gasteiger charge is -2.38. The van der Waals surface area contributed by atoms with E-state index in [1.54, 1.807) is 0 Å². The molecule has 0 atom stereocenters. The van der Waals surface area contributed by atoms with Gasteiger partial charge in [-0.3, -0.25) is 4.79 Å². The van der Waals surface area contributed by atoms with E-state index in [-0.39, 0.29) is 11.8 Å². The maximum Gasteiger partial charge on any atom is 0.225 e. The normalized spacial score (nSPS) is 21.2. The van der Waals surface area contributed by atoms with Gasteiger partial charge in [0.05, 0.1) is 6.26 Å². The lowest BCUT2D eigenvalue weighted by Crippen LogP contribution is -2.52. The first-order chi connectivity index (χ1) is 11.3. The molecule has 1 amide bonds. The molecule has 0 saturated carbocycles. The number of nitrogens with zero attached hydrogens (tertiary/aromatic N) is 4. The van der Waals surface area contributed by atoms with Crippen LogP contribution in [0.5, 0.6) is 0 Å². The van der Waals surface area contributed by atoms with Gasteiger partial charge in [-0.25, -0.2) is 12.7 Å². The Morgan fingerprint density at radius 2 is 1.79 bits per heavy atom. The van der Waals surface area contributed by atoms with Gasteiger partial charge in [0.1, 0.15) is 5.76 Å². The number of hydrogen-bond acceptors (Lipinski definition) is 6. The van der Waals surface area contributed by atoms with Crippen LogP contribution in [0.1, 0.15) is 18.6 Å². The number of amides is 1. The average molecular weight is 356 g/mol. The lowest BCUT2D eigenvalue weighted by atomic mass is 9.96. The molecule has 3 heterocycles.